The number of hydrogen-bond acceptors (Lipinski definition) is 4. The van der Waals surface area contributed by atoms with E-state index in [0.717, 1.165) is 0 Å². The zero-order valence-electron chi connectivity index (χ0n) is 12.8. The summed E-state index contributed by atoms with van der Waals surface area (Å²) < 4.78 is 26.5. The maximum Gasteiger partial charge on any atom is 0.271 e. The molecular formula is C14H18N4O4S. The number of H-pyrrole nitrogens is 1. The highest BCUT2D eigenvalue weighted by Gasteiger charge is 2.12. The van der Waals surface area contributed by atoms with E-state index in [-0.39, 0.29) is 22.9 Å². The Kier molecular flexibility index (Phi) is 5.02. The fraction of sp³-hybridized carbons (Fsp3) is 0.286. The van der Waals surface area contributed by atoms with Gasteiger partial charge < -0.3 is 5.32 Å². The minimum Gasteiger partial charge on any atom is -0.351 e. The van der Waals surface area contributed by atoms with Crippen LogP contribution in [0.2, 0.25) is 0 Å². The van der Waals surface area contributed by atoms with Crippen LogP contribution in [-0.4, -0.2) is 37.7 Å². The van der Waals surface area contributed by atoms with E-state index in [0.29, 0.717) is 17.8 Å². The van der Waals surface area contributed by atoms with E-state index in [2.05, 4.69) is 15.1 Å². The van der Waals surface area contributed by atoms with Crippen molar-refractivity contribution in [3.63, 3.8) is 0 Å². The van der Waals surface area contributed by atoms with Crippen molar-refractivity contribution in [2.24, 2.45) is 0 Å². The van der Waals surface area contributed by atoms with E-state index in [4.69, 9.17) is 0 Å². The molecule has 1 aromatic heterocycles. The van der Waals surface area contributed by atoms with Gasteiger partial charge in [0, 0.05) is 12.6 Å². The molecule has 23 heavy (non-hydrogen) atoms. The van der Waals surface area contributed by atoms with Crippen LogP contribution < -0.4 is 15.6 Å². The normalized spacial score (nSPS) is 11.4. The summed E-state index contributed by atoms with van der Waals surface area (Å²) in [4.78, 5) is 23.7. The summed E-state index contributed by atoms with van der Waals surface area (Å²) in [6, 6.07) is 7.66. The molecule has 0 radical (unpaired) electrons. The van der Waals surface area contributed by atoms with E-state index in [1.54, 1.807) is 31.2 Å². The molecule has 1 aromatic carbocycles. The van der Waals surface area contributed by atoms with Crippen LogP contribution >= 0.6 is 0 Å². The summed E-state index contributed by atoms with van der Waals surface area (Å²) in [6.45, 7) is 2.24. The van der Waals surface area contributed by atoms with Crippen molar-refractivity contribution in [1.82, 2.24) is 19.8 Å². The first-order chi connectivity index (χ1) is 10.9. The van der Waals surface area contributed by atoms with Gasteiger partial charge in [-0.3, -0.25) is 14.7 Å². The summed E-state index contributed by atoms with van der Waals surface area (Å²) in [6.07, 6.45) is 0. The Balaban J connectivity index is 2.26. The van der Waals surface area contributed by atoms with Crippen molar-refractivity contribution in [3.05, 3.63) is 51.9 Å². The third-order valence-corrected chi connectivity index (χ3v) is 4.50. The number of carbonyl (C=O) groups is 1. The molecule has 3 N–H and O–H groups in total. The van der Waals surface area contributed by atoms with Crippen LogP contribution in [0.15, 0.2) is 35.1 Å². The predicted octanol–water partition coefficient (Wildman–Crippen LogP) is -0.0355. The second kappa shape index (κ2) is 6.80. The maximum absolute atomic E-state index is 12.0. The van der Waals surface area contributed by atoms with Crippen LogP contribution in [0.5, 0.6) is 0 Å². The number of nitrogens with zero attached hydrogens (tertiary/aromatic N) is 1. The molecule has 0 spiro atoms. The largest absolute Gasteiger partial charge is 0.351 e. The molecule has 8 nitrogen and oxygen atoms in total. The van der Waals surface area contributed by atoms with Crippen molar-refractivity contribution in [1.29, 1.82) is 0 Å². The smallest absolute Gasteiger partial charge is 0.271 e. The SMILES string of the molecule is CCNC(=O)c1cc(=O)n(-c2ccc(CS(=O)(=O)NC)cc2)[nH]1. The number of carbonyl (C=O) groups excluding carboxylic acids is 1. The van der Waals surface area contributed by atoms with Crippen molar-refractivity contribution in [3.8, 4) is 5.69 Å². The molecule has 2 rings (SSSR count). The number of aromatic amines is 1. The Morgan fingerprint density at radius 2 is 1.91 bits per heavy atom. The highest BCUT2D eigenvalue weighted by atomic mass is 32.2. The van der Waals surface area contributed by atoms with Gasteiger partial charge in [0.05, 0.1) is 11.4 Å². The first-order valence-electron chi connectivity index (χ1n) is 6.97. The molecule has 0 atom stereocenters. The Morgan fingerprint density at radius 1 is 1.26 bits per heavy atom. The van der Waals surface area contributed by atoms with Crippen LogP contribution in [0.1, 0.15) is 23.0 Å². The quantitative estimate of drug-likeness (QED) is 0.686. The molecule has 124 valence electrons. The highest BCUT2D eigenvalue weighted by Crippen LogP contribution is 2.10. The summed E-state index contributed by atoms with van der Waals surface area (Å²) in [5.41, 5.74) is 0.892. The molecule has 0 aliphatic rings. The van der Waals surface area contributed by atoms with Crippen molar-refractivity contribution in [2.75, 3.05) is 13.6 Å². The van der Waals surface area contributed by atoms with Gasteiger partial charge in [-0.05, 0) is 31.7 Å². The van der Waals surface area contributed by atoms with Crippen LogP contribution in [0.25, 0.3) is 5.69 Å². The molecule has 0 aliphatic heterocycles. The fourth-order valence-electron chi connectivity index (χ4n) is 1.99. The van der Waals surface area contributed by atoms with E-state index < -0.39 is 10.0 Å². The Hall–Kier alpha value is -2.39. The molecular weight excluding hydrogens is 320 g/mol. The number of nitrogens with one attached hydrogen (secondary N) is 3. The molecule has 0 fully saturated rings. The lowest BCUT2D eigenvalue weighted by Gasteiger charge is -2.05. The van der Waals surface area contributed by atoms with E-state index in [9.17, 15) is 18.0 Å². The van der Waals surface area contributed by atoms with Gasteiger partial charge in [0.2, 0.25) is 10.0 Å². The van der Waals surface area contributed by atoms with Crippen molar-refractivity contribution >= 4 is 15.9 Å². The van der Waals surface area contributed by atoms with Gasteiger partial charge in [-0.2, -0.15) is 0 Å². The number of rotatable bonds is 6. The van der Waals surface area contributed by atoms with E-state index in [1.165, 1.54) is 17.8 Å². The molecule has 1 amide bonds. The van der Waals surface area contributed by atoms with Gasteiger partial charge >= 0.3 is 0 Å². The molecule has 0 saturated heterocycles. The molecule has 0 aliphatic carbocycles. The molecule has 1 heterocycles. The average molecular weight is 338 g/mol. The Morgan fingerprint density at radius 3 is 2.48 bits per heavy atom. The van der Waals surface area contributed by atoms with Crippen molar-refractivity contribution in [2.45, 2.75) is 12.7 Å². The minimum absolute atomic E-state index is 0.145. The van der Waals surface area contributed by atoms with Crippen molar-refractivity contribution < 1.29 is 13.2 Å². The number of amides is 1. The van der Waals surface area contributed by atoms with Gasteiger partial charge in [0.1, 0.15) is 5.69 Å². The first kappa shape index (κ1) is 17.0. The summed E-state index contributed by atoms with van der Waals surface area (Å²) in [5.74, 6) is -0.506. The number of sulfonamides is 1. The van der Waals surface area contributed by atoms with E-state index in [1.807, 2.05) is 0 Å². The third kappa shape index (κ3) is 4.08. The van der Waals surface area contributed by atoms with Crippen LogP contribution in [-0.2, 0) is 15.8 Å². The number of benzene rings is 1. The second-order valence-electron chi connectivity index (χ2n) is 4.83. The van der Waals surface area contributed by atoms with Gasteiger partial charge in [-0.1, -0.05) is 12.1 Å². The minimum atomic E-state index is -3.35. The Labute approximate surface area is 133 Å². The monoisotopic (exact) mass is 338 g/mol. The maximum atomic E-state index is 12.0. The average Bonchev–Trinajstić information content (AvgIpc) is 2.90. The predicted molar refractivity (Wildman–Crippen MR) is 86.1 cm³/mol. The first-order valence-corrected chi connectivity index (χ1v) is 8.62. The lowest BCUT2D eigenvalue weighted by atomic mass is 10.2. The highest BCUT2D eigenvalue weighted by molar-refractivity contribution is 7.88. The summed E-state index contributed by atoms with van der Waals surface area (Å²) in [5, 5.41) is 5.32. The molecule has 2 aromatic rings. The lowest BCUT2D eigenvalue weighted by Crippen LogP contribution is -2.23. The summed E-state index contributed by atoms with van der Waals surface area (Å²) >= 11 is 0. The van der Waals surface area contributed by atoms with Gasteiger partial charge in [-0.25, -0.2) is 17.8 Å². The zero-order valence-corrected chi connectivity index (χ0v) is 13.6. The molecule has 0 unspecified atom stereocenters. The number of aromatic nitrogens is 2. The zero-order chi connectivity index (χ0) is 17.0. The Bertz CT molecular complexity index is 850. The van der Waals surface area contributed by atoms with Gasteiger partial charge in [0.15, 0.2) is 0 Å². The molecule has 0 bridgehead atoms. The summed E-state index contributed by atoms with van der Waals surface area (Å²) in [7, 11) is -2.00. The lowest BCUT2D eigenvalue weighted by molar-refractivity contribution is 0.0950. The topological polar surface area (TPSA) is 113 Å². The third-order valence-electron chi connectivity index (χ3n) is 3.16. The molecule has 9 heteroatoms. The fourth-order valence-corrected chi connectivity index (χ4v) is 2.77. The van der Waals surface area contributed by atoms with E-state index >= 15 is 0 Å². The van der Waals surface area contributed by atoms with Gasteiger partial charge in [-0.15, -0.1) is 0 Å². The number of hydrogen-bond donors (Lipinski definition) is 3. The van der Waals surface area contributed by atoms with Crippen LogP contribution in [0.3, 0.4) is 0 Å². The van der Waals surface area contributed by atoms with Crippen LogP contribution in [0, 0.1) is 0 Å². The second-order valence-corrected chi connectivity index (χ2v) is 6.76. The molecule has 0 saturated carbocycles. The van der Waals surface area contributed by atoms with Gasteiger partial charge in [0.25, 0.3) is 11.5 Å². The van der Waals surface area contributed by atoms with Crippen LogP contribution in [0.4, 0.5) is 0 Å². The standard InChI is InChI=1S/C14H18N4O4S/c1-3-16-14(20)12-8-13(19)18(17-12)11-6-4-10(5-7-11)9-23(21,22)15-2/h4-8,15,17H,3,9H2,1-2H3,(H,16,20).